The predicted molar refractivity (Wildman–Crippen MR) is 126 cm³/mol. The molecule has 0 bridgehead atoms. The molecule has 0 atom stereocenters. The monoisotopic (exact) mass is 477 g/mol. The van der Waals surface area contributed by atoms with Crippen molar-refractivity contribution in [2.24, 2.45) is 0 Å². The highest BCUT2D eigenvalue weighted by atomic mass is 32.2. The number of methoxy groups -OCH3 is 2. The van der Waals surface area contributed by atoms with E-state index in [9.17, 15) is 13.2 Å². The molecule has 2 aromatic rings. The maximum absolute atomic E-state index is 13.5. The Hall–Kier alpha value is -2.82. The van der Waals surface area contributed by atoms with Gasteiger partial charge in [-0.15, -0.1) is 0 Å². The second-order valence-corrected chi connectivity index (χ2v) is 9.53. The lowest BCUT2D eigenvalue weighted by atomic mass is 10.2. The Morgan fingerprint density at radius 3 is 2.36 bits per heavy atom. The number of aryl methyl sites for hydroxylation is 1. The number of carbonyl (C=O) groups excluding carboxylic acids is 1. The van der Waals surface area contributed by atoms with Crippen LogP contribution in [0.1, 0.15) is 5.56 Å². The van der Waals surface area contributed by atoms with Crippen LogP contribution in [0.2, 0.25) is 0 Å². The minimum absolute atomic E-state index is 0.101. The Morgan fingerprint density at radius 1 is 1.06 bits per heavy atom. The van der Waals surface area contributed by atoms with E-state index in [1.807, 2.05) is 6.92 Å². The molecule has 0 spiro atoms. The third-order valence-corrected chi connectivity index (χ3v) is 7.19. The van der Waals surface area contributed by atoms with Crippen molar-refractivity contribution in [2.45, 2.75) is 11.8 Å². The molecule has 0 saturated carbocycles. The van der Waals surface area contributed by atoms with E-state index in [2.05, 4.69) is 10.2 Å². The number of sulfonamides is 1. The number of ether oxygens (including phenoxy) is 3. The molecule has 1 amide bonds. The molecule has 1 fully saturated rings. The van der Waals surface area contributed by atoms with E-state index in [1.54, 1.807) is 30.3 Å². The molecule has 1 aliphatic rings. The van der Waals surface area contributed by atoms with E-state index >= 15 is 0 Å². The van der Waals surface area contributed by atoms with Crippen LogP contribution in [0.15, 0.2) is 47.4 Å². The third kappa shape index (κ3) is 6.37. The van der Waals surface area contributed by atoms with Crippen LogP contribution in [0.3, 0.4) is 0 Å². The molecule has 1 N–H and O–H groups in total. The number of rotatable bonds is 10. The molecule has 1 heterocycles. The maximum Gasteiger partial charge on any atom is 0.264 e. The van der Waals surface area contributed by atoms with Gasteiger partial charge in [0.25, 0.3) is 10.0 Å². The molecule has 33 heavy (non-hydrogen) atoms. The van der Waals surface area contributed by atoms with E-state index in [0.717, 1.165) is 23.0 Å². The highest BCUT2D eigenvalue weighted by Crippen LogP contribution is 2.33. The number of benzene rings is 2. The second-order valence-electron chi connectivity index (χ2n) is 7.67. The van der Waals surface area contributed by atoms with Crippen LogP contribution in [-0.2, 0) is 19.6 Å². The Kier molecular flexibility index (Phi) is 8.54. The van der Waals surface area contributed by atoms with E-state index in [1.165, 1.54) is 26.4 Å². The topological polar surface area (TPSA) is 97.4 Å². The fraction of sp³-hybridized carbons (Fsp3) is 0.435. The summed E-state index contributed by atoms with van der Waals surface area (Å²) in [6.07, 6.45) is 0. The van der Waals surface area contributed by atoms with Gasteiger partial charge in [0, 0.05) is 32.2 Å². The van der Waals surface area contributed by atoms with Gasteiger partial charge in [-0.1, -0.05) is 17.7 Å². The zero-order valence-corrected chi connectivity index (χ0v) is 20.1. The molecule has 0 unspecified atom stereocenters. The smallest absolute Gasteiger partial charge is 0.264 e. The Balaban J connectivity index is 1.82. The summed E-state index contributed by atoms with van der Waals surface area (Å²) < 4.78 is 44.0. The van der Waals surface area contributed by atoms with Gasteiger partial charge in [0.2, 0.25) is 5.91 Å². The first-order valence-electron chi connectivity index (χ1n) is 10.7. The zero-order valence-electron chi connectivity index (χ0n) is 19.2. The van der Waals surface area contributed by atoms with Gasteiger partial charge in [0.05, 0.1) is 38.0 Å². The Bertz CT molecular complexity index is 1040. The maximum atomic E-state index is 13.5. The van der Waals surface area contributed by atoms with Gasteiger partial charge in [-0.2, -0.15) is 0 Å². The number of nitrogens with zero attached hydrogens (tertiary/aromatic N) is 2. The standard InChI is InChI=1S/C23H31N3O6S/c1-18-4-7-20(8-5-18)33(28,29)26(19-6-9-21(30-2)22(16-19)31-3)17-23(27)24-10-11-25-12-14-32-15-13-25/h4-9,16H,10-15,17H2,1-3H3,(H,24,27). The lowest BCUT2D eigenvalue weighted by Gasteiger charge is -2.27. The zero-order chi connectivity index (χ0) is 23.8. The lowest BCUT2D eigenvalue weighted by molar-refractivity contribution is -0.119. The van der Waals surface area contributed by atoms with Crippen molar-refractivity contribution in [1.82, 2.24) is 10.2 Å². The largest absolute Gasteiger partial charge is 0.493 e. The fourth-order valence-electron chi connectivity index (χ4n) is 3.50. The van der Waals surface area contributed by atoms with Gasteiger partial charge in [-0.3, -0.25) is 14.0 Å². The summed E-state index contributed by atoms with van der Waals surface area (Å²) in [5.74, 6) is 0.435. The summed E-state index contributed by atoms with van der Waals surface area (Å²) in [7, 11) is -1.04. The number of carbonyl (C=O) groups is 1. The predicted octanol–water partition coefficient (Wildman–Crippen LogP) is 1.66. The molecule has 180 valence electrons. The molecule has 0 aliphatic carbocycles. The van der Waals surface area contributed by atoms with Crippen molar-refractivity contribution >= 4 is 21.6 Å². The minimum atomic E-state index is -4.01. The number of hydrogen-bond donors (Lipinski definition) is 1. The lowest BCUT2D eigenvalue weighted by Crippen LogP contribution is -2.44. The van der Waals surface area contributed by atoms with E-state index in [0.29, 0.717) is 43.5 Å². The average molecular weight is 478 g/mol. The van der Waals surface area contributed by atoms with Gasteiger partial charge < -0.3 is 19.5 Å². The number of morpholine rings is 1. The molecule has 0 aromatic heterocycles. The number of nitrogens with one attached hydrogen (secondary N) is 1. The first-order valence-corrected chi connectivity index (χ1v) is 12.2. The molecule has 10 heteroatoms. The van der Waals surface area contributed by atoms with Crippen molar-refractivity contribution in [3.8, 4) is 11.5 Å². The first-order chi connectivity index (χ1) is 15.8. The van der Waals surface area contributed by atoms with Gasteiger partial charge >= 0.3 is 0 Å². The molecule has 3 rings (SSSR count). The SMILES string of the molecule is COc1ccc(N(CC(=O)NCCN2CCOCC2)S(=O)(=O)c2ccc(C)cc2)cc1OC. The van der Waals surface area contributed by atoms with E-state index in [-0.39, 0.29) is 11.4 Å². The van der Waals surface area contributed by atoms with Crippen LogP contribution < -0.4 is 19.1 Å². The van der Waals surface area contributed by atoms with Crippen LogP contribution in [-0.4, -0.2) is 79.4 Å². The fourth-order valence-corrected chi connectivity index (χ4v) is 4.91. The highest BCUT2D eigenvalue weighted by Gasteiger charge is 2.28. The van der Waals surface area contributed by atoms with Crippen LogP contribution >= 0.6 is 0 Å². The summed E-state index contributed by atoms with van der Waals surface area (Å²) in [4.78, 5) is 15.1. The quantitative estimate of drug-likeness (QED) is 0.556. The number of hydrogen-bond acceptors (Lipinski definition) is 7. The average Bonchev–Trinajstić information content (AvgIpc) is 2.83. The van der Waals surface area contributed by atoms with Gasteiger partial charge in [0.15, 0.2) is 11.5 Å². The summed E-state index contributed by atoms with van der Waals surface area (Å²) in [5.41, 5.74) is 1.24. The molecule has 0 radical (unpaired) electrons. The van der Waals surface area contributed by atoms with Crippen LogP contribution in [0, 0.1) is 6.92 Å². The van der Waals surface area contributed by atoms with Crippen molar-refractivity contribution in [3.05, 3.63) is 48.0 Å². The Labute approximate surface area is 195 Å². The van der Waals surface area contributed by atoms with E-state index in [4.69, 9.17) is 14.2 Å². The van der Waals surface area contributed by atoms with Crippen LogP contribution in [0.4, 0.5) is 5.69 Å². The van der Waals surface area contributed by atoms with Gasteiger partial charge in [0.1, 0.15) is 6.54 Å². The molecule has 1 aliphatic heterocycles. The summed E-state index contributed by atoms with van der Waals surface area (Å²) in [6.45, 7) is 5.59. The van der Waals surface area contributed by atoms with Crippen molar-refractivity contribution in [1.29, 1.82) is 0 Å². The van der Waals surface area contributed by atoms with Crippen LogP contribution in [0.25, 0.3) is 0 Å². The summed E-state index contributed by atoms with van der Waals surface area (Å²) in [6, 6.07) is 11.3. The second kappa shape index (κ2) is 11.4. The normalized spacial score (nSPS) is 14.5. The first kappa shape index (κ1) is 24.8. The Morgan fingerprint density at radius 2 is 1.73 bits per heavy atom. The van der Waals surface area contributed by atoms with Crippen molar-refractivity contribution in [3.63, 3.8) is 0 Å². The number of amides is 1. The van der Waals surface area contributed by atoms with Crippen LogP contribution in [0.5, 0.6) is 11.5 Å². The van der Waals surface area contributed by atoms with Crippen molar-refractivity contribution < 1.29 is 27.4 Å². The third-order valence-electron chi connectivity index (χ3n) is 5.41. The summed E-state index contributed by atoms with van der Waals surface area (Å²) in [5, 5.41) is 2.83. The van der Waals surface area contributed by atoms with Gasteiger partial charge in [-0.05, 0) is 31.2 Å². The minimum Gasteiger partial charge on any atom is -0.493 e. The molecule has 1 saturated heterocycles. The molecular formula is C23H31N3O6S. The van der Waals surface area contributed by atoms with Crippen molar-refractivity contribution in [2.75, 3.05) is 64.5 Å². The number of anilines is 1. The molecular weight excluding hydrogens is 446 g/mol. The highest BCUT2D eigenvalue weighted by molar-refractivity contribution is 7.92. The van der Waals surface area contributed by atoms with E-state index < -0.39 is 15.9 Å². The molecule has 9 nitrogen and oxygen atoms in total. The van der Waals surface area contributed by atoms with Gasteiger partial charge in [-0.25, -0.2) is 8.42 Å². The summed E-state index contributed by atoms with van der Waals surface area (Å²) >= 11 is 0. The molecule has 2 aromatic carbocycles.